The van der Waals surface area contributed by atoms with E-state index >= 15 is 0 Å². The smallest absolute Gasteiger partial charge is 0.138 e. The first kappa shape index (κ1) is 11.0. The molecule has 0 amide bonds. The van der Waals surface area contributed by atoms with E-state index in [1.54, 1.807) is 0 Å². The molecule has 0 aliphatic carbocycles. The van der Waals surface area contributed by atoms with Gasteiger partial charge in [0.1, 0.15) is 11.5 Å². The fourth-order valence-electron chi connectivity index (χ4n) is 2.16. The monoisotopic (exact) mass is 217 g/mol. The van der Waals surface area contributed by atoms with Gasteiger partial charge in [0.25, 0.3) is 0 Å². The van der Waals surface area contributed by atoms with Crippen molar-refractivity contribution in [3.63, 3.8) is 0 Å². The molecule has 0 saturated carbocycles. The van der Waals surface area contributed by atoms with Gasteiger partial charge in [-0.2, -0.15) is 0 Å². The van der Waals surface area contributed by atoms with Crippen LogP contribution in [0, 0.1) is 6.92 Å². The predicted octanol–water partition coefficient (Wildman–Crippen LogP) is 3.13. The molecule has 0 radical (unpaired) electrons. The lowest BCUT2D eigenvalue weighted by atomic mass is 10.00. The van der Waals surface area contributed by atoms with Crippen LogP contribution in [-0.2, 0) is 0 Å². The number of nitrogens with two attached hydrogens (primary N) is 1. The van der Waals surface area contributed by atoms with E-state index in [1.807, 2.05) is 10.6 Å². The summed E-state index contributed by atoms with van der Waals surface area (Å²) in [6.45, 7) is 6.44. The average Bonchev–Trinajstić information content (AvgIpc) is 2.58. The number of anilines is 1. The molecule has 0 unspecified atom stereocenters. The normalized spacial score (nSPS) is 11.5. The molecule has 3 heteroatoms. The fraction of sp³-hybridized carbons (Fsp3) is 0.462. The fourth-order valence-corrected chi connectivity index (χ4v) is 2.16. The molecule has 0 fully saturated rings. The van der Waals surface area contributed by atoms with E-state index in [2.05, 4.69) is 37.9 Å². The Bertz CT molecular complexity index is 495. The Morgan fingerprint density at radius 2 is 2.06 bits per heavy atom. The number of imidazole rings is 1. The van der Waals surface area contributed by atoms with E-state index in [0.717, 1.165) is 30.0 Å². The first-order valence-electron chi connectivity index (χ1n) is 5.91. The van der Waals surface area contributed by atoms with Gasteiger partial charge in [-0.15, -0.1) is 0 Å². The van der Waals surface area contributed by atoms with Crippen LogP contribution in [0.2, 0.25) is 0 Å². The standard InChI is InChI=1S/C13H19N3/c1-4-10(5-2)12-13(14)16-7-6-9(3)8-11(16)15-12/h6-8,10H,4-5,14H2,1-3H3. The number of hydrogen-bond acceptors (Lipinski definition) is 2. The van der Waals surface area contributed by atoms with Gasteiger partial charge in [-0.25, -0.2) is 4.98 Å². The van der Waals surface area contributed by atoms with E-state index in [-0.39, 0.29) is 0 Å². The van der Waals surface area contributed by atoms with Crippen molar-refractivity contribution in [1.29, 1.82) is 0 Å². The van der Waals surface area contributed by atoms with Crippen molar-refractivity contribution in [2.24, 2.45) is 0 Å². The van der Waals surface area contributed by atoms with Gasteiger partial charge in [-0.1, -0.05) is 13.8 Å². The zero-order valence-electron chi connectivity index (χ0n) is 10.2. The van der Waals surface area contributed by atoms with Gasteiger partial charge in [0, 0.05) is 12.1 Å². The number of hydrogen-bond donors (Lipinski definition) is 1. The lowest BCUT2D eigenvalue weighted by molar-refractivity contribution is 0.629. The molecule has 0 aliphatic rings. The van der Waals surface area contributed by atoms with Gasteiger partial charge in [0.15, 0.2) is 0 Å². The van der Waals surface area contributed by atoms with Crippen LogP contribution in [0.15, 0.2) is 18.3 Å². The highest BCUT2D eigenvalue weighted by Crippen LogP contribution is 2.28. The van der Waals surface area contributed by atoms with E-state index in [9.17, 15) is 0 Å². The summed E-state index contributed by atoms with van der Waals surface area (Å²) in [5.74, 6) is 1.27. The Morgan fingerprint density at radius 1 is 1.38 bits per heavy atom. The summed E-state index contributed by atoms with van der Waals surface area (Å²) in [6.07, 6.45) is 4.17. The summed E-state index contributed by atoms with van der Waals surface area (Å²) in [5, 5.41) is 0. The molecule has 0 aromatic carbocycles. The van der Waals surface area contributed by atoms with Gasteiger partial charge in [0.2, 0.25) is 0 Å². The Kier molecular flexibility index (Phi) is 2.86. The second-order valence-corrected chi connectivity index (χ2v) is 4.33. The zero-order valence-corrected chi connectivity index (χ0v) is 10.2. The third-order valence-electron chi connectivity index (χ3n) is 3.22. The highest BCUT2D eigenvalue weighted by atomic mass is 15.1. The van der Waals surface area contributed by atoms with Crippen LogP contribution in [0.1, 0.15) is 43.9 Å². The Hall–Kier alpha value is -1.51. The van der Waals surface area contributed by atoms with Crippen LogP contribution in [0.3, 0.4) is 0 Å². The van der Waals surface area contributed by atoms with Gasteiger partial charge in [-0.3, -0.25) is 4.40 Å². The predicted molar refractivity (Wildman–Crippen MR) is 67.7 cm³/mol. The Balaban J connectivity index is 2.59. The number of pyridine rings is 1. The van der Waals surface area contributed by atoms with Crippen molar-refractivity contribution in [2.45, 2.75) is 39.5 Å². The maximum Gasteiger partial charge on any atom is 0.138 e. The molecule has 86 valence electrons. The molecular weight excluding hydrogens is 198 g/mol. The molecule has 2 aromatic heterocycles. The van der Waals surface area contributed by atoms with E-state index in [1.165, 1.54) is 5.56 Å². The Labute approximate surface area is 96.3 Å². The molecule has 16 heavy (non-hydrogen) atoms. The average molecular weight is 217 g/mol. The van der Waals surface area contributed by atoms with Crippen molar-refractivity contribution in [1.82, 2.24) is 9.38 Å². The van der Waals surface area contributed by atoms with Gasteiger partial charge in [0.05, 0.1) is 5.69 Å². The molecule has 0 atom stereocenters. The summed E-state index contributed by atoms with van der Waals surface area (Å²) in [5.41, 5.74) is 9.37. The molecule has 2 rings (SSSR count). The lowest BCUT2D eigenvalue weighted by Crippen LogP contribution is -2.01. The summed E-state index contributed by atoms with van der Waals surface area (Å²) in [6, 6.07) is 4.13. The molecular formula is C13H19N3. The van der Waals surface area contributed by atoms with E-state index in [4.69, 9.17) is 5.73 Å². The molecule has 0 saturated heterocycles. The SMILES string of the molecule is CCC(CC)c1nc2cc(C)ccn2c1N. The number of fused-ring (bicyclic) bond motifs is 1. The minimum absolute atomic E-state index is 0.472. The first-order valence-corrected chi connectivity index (χ1v) is 5.91. The zero-order chi connectivity index (χ0) is 11.7. The van der Waals surface area contributed by atoms with Crippen molar-refractivity contribution in [2.75, 3.05) is 5.73 Å². The minimum atomic E-state index is 0.472. The molecule has 2 aromatic rings. The van der Waals surface area contributed by atoms with Crippen LogP contribution < -0.4 is 5.73 Å². The van der Waals surface area contributed by atoms with Gasteiger partial charge >= 0.3 is 0 Å². The van der Waals surface area contributed by atoms with Gasteiger partial charge in [-0.05, 0) is 37.5 Å². The van der Waals surface area contributed by atoms with E-state index in [0.29, 0.717) is 5.92 Å². The minimum Gasteiger partial charge on any atom is -0.383 e. The highest BCUT2D eigenvalue weighted by molar-refractivity contribution is 5.54. The maximum absolute atomic E-state index is 6.14. The molecule has 0 bridgehead atoms. The quantitative estimate of drug-likeness (QED) is 0.858. The molecule has 2 heterocycles. The molecule has 2 N–H and O–H groups in total. The number of aromatic nitrogens is 2. The number of nitrogen functional groups attached to an aromatic ring is 1. The summed E-state index contributed by atoms with van der Waals surface area (Å²) in [4.78, 5) is 4.65. The van der Waals surface area contributed by atoms with Crippen LogP contribution >= 0.6 is 0 Å². The molecule has 3 nitrogen and oxygen atoms in total. The Morgan fingerprint density at radius 3 is 2.69 bits per heavy atom. The number of nitrogens with zero attached hydrogens (tertiary/aromatic N) is 2. The van der Waals surface area contributed by atoms with Crippen molar-refractivity contribution in [3.05, 3.63) is 29.6 Å². The summed E-state index contributed by atoms with van der Waals surface area (Å²) >= 11 is 0. The third kappa shape index (κ3) is 1.66. The molecule has 0 aliphatic heterocycles. The largest absolute Gasteiger partial charge is 0.383 e. The van der Waals surface area contributed by atoms with Crippen molar-refractivity contribution < 1.29 is 0 Å². The van der Waals surface area contributed by atoms with Gasteiger partial charge < -0.3 is 5.73 Å². The first-order chi connectivity index (χ1) is 7.67. The second kappa shape index (κ2) is 4.16. The third-order valence-corrected chi connectivity index (χ3v) is 3.22. The summed E-state index contributed by atoms with van der Waals surface area (Å²) < 4.78 is 1.97. The summed E-state index contributed by atoms with van der Waals surface area (Å²) in [7, 11) is 0. The number of aryl methyl sites for hydroxylation is 1. The highest BCUT2D eigenvalue weighted by Gasteiger charge is 2.16. The van der Waals surface area contributed by atoms with Crippen LogP contribution in [0.4, 0.5) is 5.82 Å². The maximum atomic E-state index is 6.14. The van der Waals surface area contributed by atoms with E-state index < -0.39 is 0 Å². The van der Waals surface area contributed by atoms with Crippen molar-refractivity contribution >= 4 is 11.5 Å². The second-order valence-electron chi connectivity index (χ2n) is 4.33. The van der Waals surface area contributed by atoms with Crippen LogP contribution in [0.5, 0.6) is 0 Å². The number of rotatable bonds is 3. The van der Waals surface area contributed by atoms with Crippen LogP contribution in [-0.4, -0.2) is 9.38 Å². The van der Waals surface area contributed by atoms with Crippen LogP contribution in [0.25, 0.3) is 5.65 Å². The lowest BCUT2D eigenvalue weighted by Gasteiger charge is -2.09. The topological polar surface area (TPSA) is 43.3 Å². The van der Waals surface area contributed by atoms with Crippen molar-refractivity contribution in [3.8, 4) is 0 Å². The molecule has 0 spiro atoms.